The van der Waals surface area contributed by atoms with Crippen LogP contribution in [0.25, 0.3) is 0 Å². The molecule has 1 saturated heterocycles. The lowest BCUT2D eigenvalue weighted by atomic mass is 10.3. The monoisotopic (exact) mass is 227 g/mol. The molecule has 1 aromatic heterocycles. The normalized spacial score (nSPS) is 21.7. The van der Waals surface area contributed by atoms with Gasteiger partial charge in [0.05, 0.1) is 12.7 Å². The summed E-state index contributed by atoms with van der Waals surface area (Å²) in [4.78, 5) is 13.3. The van der Waals surface area contributed by atoms with E-state index in [1.54, 1.807) is 6.07 Å². The molecule has 5 heteroatoms. The van der Waals surface area contributed by atoms with Gasteiger partial charge in [-0.3, -0.25) is 0 Å². The second-order valence-corrected chi connectivity index (χ2v) is 4.51. The third-order valence-electron chi connectivity index (χ3n) is 2.40. The molecular weight excluding hydrogens is 214 g/mol. The first-order valence-corrected chi connectivity index (χ1v) is 5.73. The van der Waals surface area contributed by atoms with E-state index in [2.05, 4.69) is 4.90 Å². The van der Waals surface area contributed by atoms with Gasteiger partial charge in [-0.05, 0) is 13.0 Å². The van der Waals surface area contributed by atoms with Crippen molar-refractivity contribution in [2.45, 2.75) is 13.0 Å². The highest BCUT2D eigenvalue weighted by molar-refractivity contribution is 7.12. The van der Waals surface area contributed by atoms with Crippen molar-refractivity contribution in [3.63, 3.8) is 0 Å². The zero-order valence-corrected chi connectivity index (χ0v) is 9.29. The van der Waals surface area contributed by atoms with E-state index in [1.165, 1.54) is 11.3 Å². The first kappa shape index (κ1) is 10.4. The first-order chi connectivity index (χ1) is 7.16. The minimum absolute atomic E-state index is 0.215. The van der Waals surface area contributed by atoms with Crippen molar-refractivity contribution in [3.05, 3.63) is 16.3 Å². The molecule has 1 aliphatic rings. The predicted octanol–water partition coefficient (Wildman–Crippen LogP) is 1.67. The molecule has 1 N–H and O–H groups in total. The van der Waals surface area contributed by atoms with Crippen LogP contribution in [0.1, 0.15) is 16.6 Å². The summed E-state index contributed by atoms with van der Waals surface area (Å²) in [6.07, 6.45) is 0.215. The summed E-state index contributed by atoms with van der Waals surface area (Å²) in [5.41, 5.74) is 0.993. The summed E-state index contributed by atoms with van der Waals surface area (Å²) < 4.78 is 5.43. The summed E-state index contributed by atoms with van der Waals surface area (Å²) in [6, 6.07) is 1.73. The van der Waals surface area contributed by atoms with Gasteiger partial charge in [-0.1, -0.05) is 0 Å². The molecule has 1 fully saturated rings. The number of carboxylic acids is 1. The maximum atomic E-state index is 10.7. The summed E-state index contributed by atoms with van der Waals surface area (Å²) in [5, 5.41) is 10.7. The van der Waals surface area contributed by atoms with Gasteiger partial charge in [0.2, 0.25) is 0 Å². The lowest BCUT2D eigenvalue weighted by molar-refractivity contribution is 0.0532. The number of morpholine rings is 1. The lowest BCUT2D eigenvalue weighted by Gasteiger charge is -2.32. The summed E-state index contributed by atoms with van der Waals surface area (Å²) >= 11 is 1.27. The number of aromatic carboxylic acids is 1. The molecule has 0 spiro atoms. The summed E-state index contributed by atoms with van der Waals surface area (Å²) in [5.74, 6) is -0.854. The summed E-state index contributed by atoms with van der Waals surface area (Å²) in [7, 11) is 0. The smallest absolute Gasteiger partial charge is 0.345 e. The molecule has 0 aromatic carbocycles. The second-order valence-electron chi connectivity index (χ2n) is 3.60. The maximum absolute atomic E-state index is 10.7. The van der Waals surface area contributed by atoms with Crippen LogP contribution in [0.5, 0.6) is 0 Å². The molecule has 82 valence electrons. The molecule has 0 saturated carbocycles. The van der Waals surface area contributed by atoms with Crippen LogP contribution >= 0.6 is 11.3 Å². The molecule has 1 aliphatic heterocycles. The minimum atomic E-state index is -0.854. The fourth-order valence-electron chi connectivity index (χ4n) is 1.66. The van der Waals surface area contributed by atoms with Gasteiger partial charge in [0.15, 0.2) is 0 Å². The van der Waals surface area contributed by atoms with Crippen LogP contribution in [-0.2, 0) is 4.74 Å². The molecule has 15 heavy (non-hydrogen) atoms. The molecular formula is C10H13NO3S. The highest BCUT2D eigenvalue weighted by Gasteiger charge is 2.18. The number of nitrogens with zero attached hydrogens (tertiary/aromatic N) is 1. The number of thiophene rings is 1. The largest absolute Gasteiger partial charge is 0.477 e. The van der Waals surface area contributed by atoms with E-state index >= 15 is 0 Å². The number of carboxylic acid groups (broad SMARTS) is 1. The minimum Gasteiger partial charge on any atom is -0.477 e. The Morgan fingerprint density at radius 1 is 1.73 bits per heavy atom. The molecule has 0 amide bonds. The average Bonchev–Trinajstić information content (AvgIpc) is 2.66. The van der Waals surface area contributed by atoms with E-state index in [1.807, 2.05) is 12.3 Å². The van der Waals surface area contributed by atoms with Crippen molar-refractivity contribution in [3.8, 4) is 0 Å². The van der Waals surface area contributed by atoms with Crippen molar-refractivity contribution in [1.29, 1.82) is 0 Å². The van der Waals surface area contributed by atoms with E-state index in [0.29, 0.717) is 11.5 Å². The van der Waals surface area contributed by atoms with Crippen molar-refractivity contribution in [2.75, 3.05) is 24.6 Å². The fraction of sp³-hybridized carbons (Fsp3) is 0.500. The van der Waals surface area contributed by atoms with Gasteiger partial charge in [-0.15, -0.1) is 11.3 Å². The van der Waals surface area contributed by atoms with Crippen LogP contribution in [-0.4, -0.2) is 36.9 Å². The number of ether oxygens (including phenoxy) is 1. The van der Waals surface area contributed by atoms with Gasteiger partial charge in [-0.25, -0.2) is 4.79 Å². The average molecular weight is 227 g/mol. The number of anilines is 1. The molecule has 0 radical (unpaired) electrons. The van der Waals surface area contributed by atoms with E-state index in [0.717, 1.165) is 18.8 Å². The Morgan fingerprint density at radius 3 is 3.13 bits per heavy atom. The molecule has 2 heterocycles. The SMILES string of the molecule is CC1CN(c2csc(C(=O)O)c2)CCO1. The van der Waals surface area contributed by atoms with Gasteiger partial charge in [0.25, 0.3) is 0 Å². The maximum Gasteiger partial charge on any atom is 0.345 e. The number of hydrogen-bond acceptors (Lipinski definition) is 4. The van der Waals surface area contributed by atoms with E-state index < -0.39 is 5.97 Å². The number of carbonyl (C=O) groups is 1. The predicted molar refractivity (Wildman–Crippen MR) is 58.9 cm³/mol. The standard InChI is InChI=1S/C10H13NO3S/c1-7-5-11(2-3-14-7)8-4-9(10(12)13)15-6-8/h4,6-7H,2-3,5H2,1H3,(H,12,13). The number of hydrogen-bond donors (Lipinski definition) is 1. The van der Waals surface area contributed by atoms with Crippen LogP contribution in [0.2, 0.25) is 0 Å². The molecule has 1 atom stereocenters. The van der Waals surface area contributed by atoms with Crippen LogP contribution in [0.3, 0.4) is 0 Å². The Labute approximate surface area is 92.1 Å². The molecule has 0 aliphatic carbocycles. The Morgan fingerprint density at radius 2 is 2.53 bits per heavy atom. The zero-order chi connectivity index (χ0) is 10.8. The van der Waals surface area contributed by atoms with Crippen LogP contribution in [0.4, 0.5) is 5.69 Å². The van der Waals surface area contributed by atoms with Crippen LogP contribution < -0.4 is 4.90 Å². The first-order valence-electron chi connectivity index (χ1n) is 4.85. The Hall–Kier alpha value is -1.07. The number of rotatable bonds is 2. The van der Waals surface area contributed by atoms with Gasteiger partial charge < -0.3 is 14.7 Å². The molecule has 2 rings (SSSR count). The zero-order valence-electron chi connectivity index (χ0n) is 8.47. The van der Waals surface area contributed by atoms with Crippen molar-refractivity contribution in [2.24, 2.45) is 0 Å². The second kappa shape index (κ2) is 4.20. The summed E-state index contributed by atoms with van der Waals surface area (Å²) in [6.45, 7) is 4.39. The lowest BCUT2D eigenvalue weighted by Crippen LogP contribution is -2.40. The fourth-order valence-corrected chi connectivity index (χ4v) is 2.41. The van der Waals surface area contributed by atoms with E-state index in [4.69, 9.17) is 9.84 Å². The van der Waals surface area contributed by atoms with Crippen LogP contribution in [0.15, 0.2) is 11.4 Å². The van der Waals surface area contributed by atoms with Gasteiger partial charge >= 0.3 is 5.97 Å². The van der Waals surface area contributed by atoms with Crippen molar-refractivity contribution < 1.29 is 14.6 Å². The Kier molecular flexibility index (Phi) is 2.93. The van der Waals surface area contributed by atoms with Crippen molar-refractivity contribution >= 4 is 23.0 Å². The Balaban J connectivity index is 2.11. The van der Waals surface area contributed by atoms with Crippen LogP contribution in [0, 0.1) is 0 Å². The molecule has 4 nitrogen and oxygen atoms in total. The van der Waals surface area contributed by atoms with Gasteiger partial charge in [-0.2, -0.15) is 0 Å². The highest BCUT2D eigenvalue weighted by Crippen LogP contribution is 2.24. The van der Waals surface area contributed by atoms with Gasteiger partial charge in [0, 0.05) is 24.2 Å². The van der Waals surface area contributed by atoms with E-state index in [9.17, 15) is 4.79 Å². The molecule has 1 unspecified atom stereocenters. The quantitative estimate of drug-likeness (QED) is 0.835. The van der Waals surface area contributed by atoms with E-state index in [-0.39, 0.29) is 6.10 Å². The topological polar surface area (TPSA) is 49.8 Å². The van der Waals surface area contributed by atoms with Crippen molar-refractivity contribution in [1.82, 2.24) is 0 Å². The third-order valence-corrected chi connectivity index (χ3v) is 3.31. The third kappa shape index (κ3) is 2.30. The molecule has 0 bridgehead atoms. The highest BCUT2D eigenvalue weighted by atomic mass is 32.1. The van der Waals surface area contributed by atoms with Gasteiger partial charge in [0.1, 0.15) is 4.88 Å². The molecule has 1 aromatic rings. The Bertz CT molecular complexity index is 363.